The minimum absolute atomic E-state index is 0.0545. The van der Waals surface area contributed by atoms with E-state index in [1.807, 2.05) is 24.4 Å². The summed E-state index contributed by atoms with van der Waals surface area (Å²) in [6.45, 7) is 2.94. The summed E-state index contributed by atoms with van der Waals surface area (Å²) in [5, 5.41) is 1.95. The number of rotatable bonds is 6. The number of carbonyl (C=O) groups excluding carboxylic acids is 2. The lowest BCUT2D eigenvalue weighted by Gasteiger charge is -2.19. The maximum Gasteiger partial charge on any atom is 0.307 e. The highest BCUT2D eigenvalue weighted by molar-refractivity contribution is 7.10. The molecular weight excluding hydrogens is 238 g/mol. The number of amides is 1. The number of hydrogen-bond acceptors (Lipinski definition) is 4. The van der Waals surface area contributed by atoms with E-state index in [0.29, 0.717) is 19.5 Å². The van der Waals surface area contributed by atoms with Gasteiger partial charge in [0.15, 0.2) is 0 Å². The number of methoxy groups -OCH3 is 1. The molecule has 0 radical (unpaired) electrons. The van der Waals surface area contributed by atoms with Crippen molar-refractivity contribution in [2.24, 2.45) is 0 Å². The molecule has 0 aromatic carbocycles. The van der Waals surface area contributed by atoms with Crippen LogP contribution >= 0.6 is 11.3 Å². The minimum Gasteiger partial charge on any atom is -0.469 e. The van der Waals surface area contributed by atoms with E-state index in [4.69, 9.17) is 0 Å². The quantitative estimate of drug-likeness (QED) is 0.727. The second-order valence-corrected chi connectivity index (χ2v) is 4.59. The van der Waals surface area contributed by atoms with Gasteiger partial charge in [-0.3, -0.25) is 9.59 Å². The van der Waals surface area contributed by atoms with E-state index in [1.165, 1.54) is 7.11 Å². The van der Waals surface area contributed by atoms with Gasteiger partial charge in [-0.1, -0.05) is 6.07 Å². The average molecular weight is 255 g/mol. The van der Waals surface area contributed by atoms with Crippen LogP contribution in [-0.4, -0.2) is 37.0 Å². The van der Waals surface area contributed by atoms with Crippen molar-refractivity contribution in [3.05, 3.63) is 22.4 Å². The largest absolute Gasteiger partial charge is 0.469 e. The van der Waals surface area contributed by atoms with Gasteiger partial charge in [0.25, 0.3) is 0 Å². The average Bonchev–Trinajstić information content (AvgIpc) is 2.82. The second-order valence-electron chi connectivity index (χ2n) is 3.56. The van der Waals surface area contributed by atoms with Gasteiger partial charge < -0.3 is 9.64 Å². The zero-order valence-electron chi connectivity index (χ0n) is 10.1. The molecule has 0 unspecified atom stereocenters. The Morgan fingerprint density at radius 2 is 2.24 bits per heavy atom. The van der Waals surface area contributed by atoms with Crippen molar-refractivity contribution in [2.45, 2.75) is 19.8 Å². The molecule has 1 heterocycles. The van der Waals surface area contributed by atoms with E-state index >= 15 is 0 Å². The molecule has 0 atom stereocenters. The van der Waals surface area contributed by atoms with Gasteiger partial charge >= 0.3 is 5.97 Å². The van der Waals surface area contributed by atoms with Gasteiger partial charge in [-0.05, 0) is 18.4 Å². The lowest BCUT2D eigenvalue weighted by Crippen LogP contribution is -2.34. The van der Waals surface area contributed by atoms with Crippen LogP contribution in [0, 0.1) is 0 Å². The number of likely N-dealkylation sites (N-methyl/N-ethyl adjacent to an activating group) is 1. The predicted octanol–water partition coefficient (Wildman–Crippen LogP) is 1.70. The molecule has 0 saturated carbocycles. The van der Waals surface area contributed by atoms with Gasteiger partial charge in [0, 0.05) is 18.0 Å². The van der Waals surface area contributed by atoms with Crippen molar-refractivity contribution < 1.29 is 14.3 Å². The highest BCUT2D eigenvalue weighted by Gasteiger charge is 2.14. The number of carbonyl (C=O) groups is 2. The standard InChI is InChI=1S/C12H17NO3S/c1-3-13(7-6-12(15)16-2)11(14)9-10-5-4-8-17-10/h4-5,8H,3,6-7,9H2,1-2H3. The molecule has 1 amide bonds. The molecule has 0 N–H and O–H groups in total. The maximum atomic E-state index is 11.9. The van der Waals surface area contributed by atoms with Crippen molar-refractivity contribution in [1.29, 1.82) is 0 Å². The van der Waals surface area contributed by atoms with Gasteiger partial charge in [0.1, 0.15) is 0 Å². The predicted molar refractivity (Wildman–Crippen MR) is 66.9 cm³/mol. The molecule has 5 heteroatoms. The minimum atomic E-state index is -0.285. The lowest BCUT2D eigenvalue weighted by atomic mass is 10.3. The van der Waals surface area contributed by atoms with E-state index in [2.05, 4.69) is 4.74 Å². The van der Waals surface area contributed by atoms with E-state index < -0.39 is 0 Å². The van der Waals surface area contributed by atoms with Crippen molar-refractivity contribution >= 4 is 23.2 Å². The molecule has 0 bridgehead atoms. The summed E-state index contributed by atoms with van der Waals surface area (Å²) < 4.78 is 4.56. The fourth-order valence-electron chi connectivity index (χ4n) is 1.46. The number of nitrogens with zero attached hydrogens (tertiary/aromatic N) is 1. The smallest absolute Gasteiger partial charge is 0.307 e. The Kier molecular flexibility index (Phi) is 5.69. The third-order valence-electron chi connectivity index (χ3n) is 2.45. The van der Waals surface area contributed by atoms with E-state index in [9.17, 15) is 9.59 Å². The third-order valence-corrected chi connectivity index (χ3v) is 3.33. The Balaban J connectivity index is 2.44. The fraction of sp³-hybridized carbons (Fsp3) is 0.500. The zero-order chi connectivity index (χ0) is 12.7. The molecule has 0 fully saturated rings. The molecular formula is C12H17NO3S. The summed E-state index contributed by atoms with van der Waals surface area (Å²) in [7, 11) is 1.35. The van der Waals surface area contributed by atoms with Crippen molar-refractivity contribution in [2.75, 3.05) is 20.2 Å². The van der Waals surface area contributed by atoms with Crippen LogP contribution in [0.15, 0.2) is 17.5 Å². The Bertz CT molecular complexity index is 362. The summed E-state index contributed by atoms with van der Waals surface area (Å²) in [4.78, 5) is 25.7. The molecule has 1 aromatic heterocycles. The number of esters is 1. The molecule has 0 saturated heterocycles. The molecule has 0 spiro atoms. The van der Waals surface area contributed by atoms with E-state index in [-0.39, 0.29) is 18.3 Å². The Morgan fingerprint density at radius 1 is 1.47 bits per heavy atom. The summed E-state index contributed by atoms with van der Waals surface area (Å²) in [6.07, 6.45) is 0.660. The maximum absolute atomic E-state index is 11.9. The summed E-state index contributed by atoms with van der Waals surface area (Å²) in [6, 6.07) is 3.87. The molecule has 0 aliphatic heterocycles. The summed E-state index contributed by atoms with van der Waals surface area (Å²) >= 11 is 1.57. The second kappa shape index (κ2) is 7.06. The third kappa shape index (κ3) is 4.56. The van der Waals surface area contributed by atoms with Crippen LogP contribution in [0.25, 0.3) is 0 Å². The van der Waals surface area contributed by atoms with Gasteiger partial charge in [-0.25, -0.2) is 0 Å². The Hall–Kier alpha value is -1.36. The topological polar surface area (TPSA) is 46.6 Å². The summed E-state index contributed by atoms with van der Waals surface area (Å²) in [5.41, 5.74) is 0. The van der Waals surface area contributed by atoms with Crippen LogP contribution in [0.5, 0.6) is 0 Å². The van der Waals surface area contributed by atoms with Crippen molar-refractivity contribution in [1.82, 2.24) is 4.90 Å². The van der Waals surface area contributed by atoms with Crippen LogP contribution in [0.1, 0.15) is 18.2 Å². The molecule has 17 heavy (non-hydrogen) atoms. The molecule has 0 aliphatic rings. The monoisotopic (exact) mass is 255 g/mol. The van der Waals surface area contributed by atoms with E-state index in [0.717, 1.165) is 4.88 Å². The number of hydrogen-bond donors (Lipinski definition) is 0. The van der Waals surface area contributed by atoms with Crippen LogP contribution in [0.4, 0.5) is 0 Å². The molecule has 1 aromatic rings. The van der Waals surface area contributed by atoms with Crippen LogP contribution in [0.2, 0.25) is 0 Å². The van der Waals surface area contributed by atoms with Crippen LogP contribution in [-0.2, 0) is 20.7 Å². The first-order chi connectivity index (χ1) is 8.17. The van der Waals surface area contributed by atoms with E-state index in [1.54, 1.807) is 16.2 Å². The number of thiophene rings is 1. The van der Waals surface area contributed by atoms with Gasteiger partial charge in [0.2, 0.25) is 5.91 Å². The van der Waals surface area contributed by atoms with Gasteiger partial charge in [0.05, 0.1) is 20.0 Å². The zero-order valence-corrected chi connectivity index (χ0v) is 11.0. The fourth-order valence-corrected chi connectivity index (χ4v) is 2.16. The first-order valence-electron chi connectivity index (χ1n) is 5.54. The summed E-state index contributed by atoms with van der Waals surface area (Å²) in [5.74, 6) is -0.230. The first kappa shape index (κ1) is 13.7. The Morgan fingerprint density at radius 3 is 2.76 bits per heavy atom. The number of ether oxygens (including phenoxy) is 1. The Labute approximate surface area is 105 Å². The van der Waals surface area contributed by atoms with Crippen LogP contribution < -0.4 is 0 Å². The van der Waals surface area contributed by atoms with Gasteiger partial charge in [-0.2, -0.15) is 0 Å². The highest BCUT2D eigenvalue weighted by atomic mass is 32.1. The molecule has 94 valence electrons. The molecule has 4 nitrogen and oxygen atoms in total. The molecule has 1 rings (SSSR count). The first-order valence-corrected chi connectivity index (χ1v) is 6.42. The normalized spacial score (nSPS) is 10.0. The van der Waals surface area contributed by atoms with Crippen molar-refractivity contribution in [3.8, 4) is 0 Å². The van der Waals surface area contributed by atoms with Crippen LogP contribution in [0.3, 0.4) is 0 Å². The highest BCUT2D eigenvalue weighted by Crippen LogP contribution is 2.10. The van der Waals surface area contributed by atoms with Crippen molar-refractivity contribution in [3.63, 3.8) is 0 Å². The van der Waals surface area contributed by atoms with Gasteiger partial charge in [-0.15, -0.1) is 11.3 Å². The molecule has 0 aliphatic carbocycles. The SMILES string of the molecule is CCN(CCC(=O)OC)C(=O)Cc1cccs1. The lowest BCUT2D eigenvalue weighted by molar-refractivity contribution is -0.141.